The minimum atomic E-state index is -5.05. The molecule has 0 radical (unpaired) electrons. The lowest BCUT2D eigenvalue weighted by Gasteiger charge is -2.54. The molecule has 2 amide bonds. The number of Topliss-reactive ketones (excluding diaryl/α,β-unsaturated/α-hetero) is 1. The number of ketones is 1. The molecule has 0 saturated carbocycles. The maximum absolute atomic E-state index is 14.8. The number of nitrogens with zero attached hydrogens (tertiary/aromatic N) is 1. The number of nitrogens with one attached hydrogen (secondary N) is 2. The van der Waals surface area contributed by atoms with E-state index in [-0.39, 0.29) is 35.3 Å². The van der Waals surface area contributed by atoms with E-state index >= 15 is 0 Å². The van der Waals surface area contributed by atoms with Crippen LogP contribution in [0.15, 0.2) is 30.4 Å². The minimum Gasteiger partial charge on any atom is -0.453 e. The van der Waals surface area contributed by atoms with E-state index in [1.54, 1.807) is 26.0 Å². The predicted molar refractivity (Wildman–Crippen MR) is 260 cm³/mol. The average molecular weight is 1040 g/mol. The number of halogens is 3. The third kappa shape index (κ3) is 12.2. The summed E-state index contributed by atoms with van der Waals surface area (Å²) in [5.41, 5.74) is -4.84. The van der Waals surface area contributed by atoms with Crippen molar-refractivity contribution in [2.45, 2.75) is 212 Å². The second-order valence-electron chi connectivity index (χ2n) is 21.9. The molecule has 0 aliphatic carbocycles. The van der Waals surface area contributed by atoms with Gasteiger partial charge in [-0.3, -0.25) is 29.3 Å². The predicted octanol–water partition coefficient (Wildman–Crippen LogP) is 8.36. The zero-order chi connectivity index (χ0) is 54.2. The van der Waals surface area contributed by atoms with Crippen molar-refractivity contribution in [3.63, 3.8) is 0 Å². The largest absolute Gasteiger partial charge is 0.453 e. The topological polar surface area (TPSA) is 231 Å². The molecule has 4 N–H and O–H groups in total. The minimum absolute atomic E-state index is 0.0615. The van der Waals surface area contributed by atoms with Crippen LogP contribution in [-0.2, 0) is 53.8 Å². The molecule has 18 atom stereocenters. The fourth-order valence-electron chi connectivity index (χ4n) is 12.3. The van der Waals surface area contributed by atoms with Gasteiger partial charge in [-0.25, -0.2) is 0 Å². The molecule has 4 fully saturated rings. The average Bonchev–Trinajstić information content (AvgIpc) is 3.67. The van der Waals surface area contributed by atoms with Gasteiger partial charge in [-0.05, 0) is 108 Å². The van der Waals surface area contributed by atoms with Crippen LogP contribution in [0, 0.1) is 51.5 Å². The molecular weight excluding hydrogens is 960 g/mol. The van der Waals surface area contributed by atoms with Crippen LogP contribution in [0.4, 0.5) is 24.5 Å². The smallest absolute Gasteiger partial charge is 0.423 e. The Morgan fingerprint density at radius 3 is 2.23 bits per heavy atom. The summed E-state index contributed by atoms with van der Waals surface area (Å²) in [4.78, 5) is 63.6. The maximum Gasteiger partial charge on any atom is 0.423 e. The van der Waals surface area contributed by atoms with E-state index in [1.807, 2.05) is 55.4 Å². The number of ether oxygens (including phenoxy) is 6. The molecule has 0 aromatic heterocycles. The Morgan fingerprint density at radius 1 is 0.945 bits per heavy atom. The zero-order valence-corrected chi connectivity index (χ0v) is 44.1. The molecule has 1 aromatic rings. The summed E-state index contributed by atoms with van der Waals surface area (Å²) >= 11 is 0. The number of rotatable bonds is 17. The van der Waals surface area contributed by atoms with Crippen LogP contribution in [0.1, 0.15) is 146 Å². The number of carbonyl (C=O) groups excluding carboxylic acids is 4. The van der Waals surface area contributed by atoms with Gasteiger partial charge in [-0.2, -0.15) is 13.2 Å². The van der Waals surface area contributed by atoms with E-state index in [1.165, 1.54) is 6.92 Å². The van der Waals surface area contributed by atoms with Gasteiger partial charge in [0.15, 0.2) is 11.9 Å². The molecule has 410 valence electrons. The van der Waals surface area contributed by atoms with Gasteiger partial charge in [0, 0.05) is 48.8 Å². The van der Waals surface area contributed by atoms with Gasteiger partial charge in [0.2, 0.25) is 17.6 Å². The van der Waals surface area contributed by atoms with E-state index in [0.29, 0.717) is 76.3 Å². The van der Waals surface area contributed by atoms with E-state index in [9.17, 15) is 52.7 Å². The molecule has 5 aliphatic rings. The lowest BCUT2D eigenvalue weighted by atomic mass is 9.72. The van der Waals surface area contributed by atoms with Crippen LogP contribution >= 0.6 is 0 Å². The quantitative estimate of drug-likeness (QED) is 0.0497. The maximum atomic E-state index is 14.8. The number of aliphatic hydroxyl groups is 2. The number of benzene rings is 1. The number of aliphatic hydroxyl groups excluding tert-OH is 1. The number of alkyl halides is 3. The van der Waals surface area contributed by atoms with Crippen molar-refractivity contribution in [2.75, 3.05) is 11.9 Å². The molecule has 1 aromatic carbocycles. The second-order valence-corrected chi connectivity index (χ2v) is 21.9. The summed E-state index contributed by atoms with van der Waals surface area (Å²) in [7, 11) is 0. The van der Waals surface area contributed by atoms with Crippen molar-refractivity contribution < 1.29 is 75.9 Å². The molecular formula is C53H78F3N3O14. The highest BCUT2D eigenvalue weighted by molar-refractivity contribution is 5.95. The Balaban J connectivity index is 1.12. The number of carbonyl (C=O) groups is 4. The van der Waals surface area contributed by atoms with Crippen molar-refractivity contribution in [1.29, 1.82) is 0 Å². The van der Waals surface area contributed by atoms with Gasteiger partial charge < -0.3 is 49.3 Å². The summed E-state index contributed by atoms with van der Waals surface area (Å²) in [6.07, 6.45) is -1.24. The number of nitro benzene ring substituents is 1. The molecule has 5 aliphatic heterocycles. The molecule has 0 bridgehead atoms. The van der Waals surface area contributed by atoms with Crippen LogP contribution in [0.2, 0.25) is 0 Å². The van der Waals surface area contributed by atoms with Gasteiger partial charge >= 0.3 is 12.1 Å². The molecule has 4 saturated heterocycles. The highest BCUT2D eigenvalue weighted by Gasteiger charge is 2.64. The number of nitro groups is 1. The van der Waals surface area contributed by atoms with Crippen LogP contribution < -0.4 is 10.6 Å². The third-order valence-electron chi connectivity index (χ3n) is 16.9. The van der Waals surface area contributed by atoms with Crippen LogP contribution in [-0.4, -0.2) is 111 Å². The Kier molecular flexibility index (Phi) is 18.1. The standard InChI is InChI=1S/C53H78F3N3O14/c1-12-36(48(64)57-27-43(61)58-35-16-17-39(59(66)67)38(26-35)53(54,55)56)40-18-15-28(4)46(70-40)32(8)44(62)31(7)45(63)37(13-2)47-29(5)25-30(6)51(71-47)22-20-42(69-34(10)60)52(73-51)24-23-49(11,72-52)41-19-21-50(65,14-3)33(9)68-41/h16-17,20,22,26,28-33,36-37,40-42,44,46-47,62,65H,12-15,18-19,21,23-25,27H2,1-11H3,(H,57,64)(H,58,61)/t28-,29-,30+,31-,32-,33-,36?,37-,40+,41+,42+,44+,46+,47-,49-,50+,51-,52-/m0/s1. The van der Waals surface area contributed by atoms with Crippen LogP contribution in [0.5, 0.6) is 0 Å². The number of hydrogen-bond donors (Lipinski definition) is 4. The second kappa shape index (κ2) is 22.7. The third-order valence-corrected chi connectivity index (χ3v) is 16.9. The van der Waals surface area contributed by atoms with Crippen molar-refractivity contribution in [3.8, 4) is 0 Å². The van der Waals surface area contributed by atoms with E-state index in [2.05, 4.69) is 10.6 Å². The van der Waals surface area contributed by atoms with Gasteiger partial charge in [0.25, 0.3) is 5.69 Å². The van der Waals surface area contributed by atoms with E-state index < -0.39 is 130 Å². The first-order valence-electron chi connectivity index (χ1n) is 26.2. The number of anilines is 1. The molecule has 73 heavy (non-hydrogen) atoms. The van der Waals surface area contributed by atoms with E-state index in [4.69, 9.17) is 28.4 Å². The number of hydrogen-bond acceptors (Lipinski definition) is 14. The van der Waals surface area contributed by atoms with E-state index in [0.717, 1.165) is 6.07 Å². The Morgan fingerprint density at radius 2 is 1.63 bits per heavy atom. The van der Waals surface area contributed by atoms with Crippen molar-refractivity contribution in [3.05, 3.63) is 46.0 Å². The fourth-order valence-corrected chi connectivity index (χ4v) is 12.3. The summed E-state index contributed by atoms with van der Waals surface area (Å²) in [5.74, 6) is -8.10. The number of esters is 1. The molecule has 5 heterocycles. The molecule has 17 nitrogen and oxygen atoms in total. The Hall–Kier alpha value is -4.05. The summed E-state index contributed by atoms with van der Waals surface area (Å²) in [6, 6.07) is 2.08. The summed E-state index contributed by atoms with van der Waals surface area (Å²) in [5, 5.41) is 39.2. The van der Waals surface area contributed by atoms with Crippen molar-refractivity contribution in [1.82, 2.24) is 5.32 Å². The monoisotopic (exact) mass is 1040 g/mol. The SMILES string of the molecule is CCC(C(=O)NCC(=O)Nc1ccc([N+](=O)[O-])c(C(F)(F)F)c1)[C@H]1CC[C@H](C)[C@H]([C@@H](C)[C@H](O)[C@H](C)C(=O)[C@H](CC)[C@H]2O[C@]3(C=C[C@@H](OC(C)=O)[C@]4(CC[C@@](C)([C@H]5CC[C@](O)(CC)[C@H](C)O5)O4)O3)[C@H](C)C[C@@H]2C)O1. The van der Waals surface area contributed by atoms with Crippen LogP contribution in [0.3, 0.4) is 0 Å². The van der Waals surface area contributed by atoms with Gasteiger partial charge in [0.05, 0.1) is 65.2 Å². The molecule has 2 spiro atoms. The Labute approximate surface area is 426 Å². The molecule has 20 heteroatoms. The van der Waals surface area contributed by atoms with Gasteiger partial charge in [-0.15, -0.1) is 0 Å². The Bertz CT molecular complexity index is 2220. The molecule has 6 rings (SSSR count). The normalized spacial score (nSPS) is 36.7. The summed E-state index contributed by atoms with van der Waals surface area (Å²) < 4.78 is 80.6. The van der Waals surface area contributed by atoms with Crippen molar-refractivity contribution >= 4 is 34.9 Å². The first kappa shape index (κ1) is 58.2. The zero-order valence-electron chi connectivity index (χ0n) is 44.1. The highest BCUT2D eigenvalue weighted by Crippen LogP contribution is 2.55. The van der Waals surface area contributed by atoms with Crippen molar-refractivity contribution in [2.24, 2.45) is 41.4 Å². The van der Waals surface area contributed by atoms with Crippen LogP contribution in [0.25, 0.3) is 0 Å². The van der Waals surface area contributed by atoms with Gasteiger partial charge in [-0.1, -0.05) is 55.4 Å². The molecule has 1 unspecified atom stereocenters. The fraction of sp³-hybridized carbons (Fsp3) is 0.774. The van der Waals surface area contributed by atoms with Gasteiger partial charge in [0.1, 0.15) is 11.3 Å². The first-order chi connectivity index (χ1) is 34.1. The summed E-state index contributed by atoms with van der Waals surface area (Å²) in [6.45, 7) is 19.8. The number of amides is 2. The lowest BCUT2D eigenvalue weighted by molar-refractivity contribution is -0.409. The lowest BCUT2D eigenvalue weighted by Crippen LogP contribution is -2.63. The first-order valence-corrected chi connectivity index (χ1v) is 26.2. The highest BCUT2D eigenvalue weighted by atomic mass is 19.4.